The molecule has 0 aliphatic rings. The van der Waals surface area contributed by atoms with Gasteiger partial charge in [0.2, 0.25) is 0 Å². The lowest BCUT2D eigenvalue weighted by atomic mass is 9.98. The SMILES string of the molecule is CC(N)(CCc1nc2ccccc2s1)C(F)F. The number of halogens is 2. The number of nitrogens with zero attached hydrogens (tertiary/aromatic N) is 1. The van der Waals surface area contributed by atoms with Crippen LogP contribution in [-0.2, 0) is 6.42 Å². The van der Waals surface area contributed by atoms with Crippen molar-refractivity contribution in [2.75, 3.05) is 0 Å². The fourth-order valence-electron chi connectivity index (χ4n) is 1.51. The van der Waals surface area contributed by atoms with E-state index in [2.05, 4.69) is 4.98 Å². The monoisotopic (exact) mass is 256 g/mol. The maximum Gasteiger partial charge on any atom is 0.256 e. The number of hydrogen-bond donors (Lipinski definition) is 1. The van der Waals surface area contributed by atoms with Crippen molar-refractivity contribution in [2.45, 2.75) is 31.7 Å². The Morgan fingerprint density at radius 2 is 2.12 bits per heavy atom. The number of aryl methyl sites for hydroxylation is 1. The molecule has 92 valence electrons. The van der Waals surface area contributed by atoms with Gasteiger partial charge in [-0.15, -0.1) is 11.3 Å². The summed E-state index contributed by atoms with van der Waals surface area (Å²) in [5, 5.41) is 0.864. The zero-order valence-electron chi connectivity index (χ0n) is 9.49. The van der Waals surface area contributed by atoms with Crippen LogP contribution < -0.4 is 5.73 Å². The van der Waals surface area contributed by atoms with Gasteiger partial charge in [0.1, 0.15) is 0 Å². The topological polar surface area (TPSA) is 38.9 Å². The van der Waals surface area contributed by atoms with Gasteiger partial charge in [0.15, 0.2) is 0 Å². The predicted octanol–water partition coefficient (Wildman–Crippen LogP) is 3.21. The lowest BCUT2D eigenvalue weighted by Gasteiger charge is -2.22. The van der Waals surface area contributed by atoms with E-state index in [-0.39, 0.29) is 6.42 Å². The third kappa shape index (κ3) is 2.79. The molecular formula is C12H14F2N2S. The molecule has 0 aliphatic heterocycles. The van der Waals surface area contributed by atoms with Crippen molar-refractivity contribution in [3.8, 4) is 0 Å². The van der Waals surface area contributed by atoms with Crippen LogP contribution in [0.25, 0.3) is 10.2 Å². The minimum absolute atomic E-state index is 0.241. The van der Waals surface area contributed by atoms with E-state index in [4.69, 9.17) is 5.73 Å². The third-order valence-electron chi connectivity index (χ3n) is 2.71. The van der Waals surface area contributed by atoms with E-state index in [9.17, 15) is 8.78 Å². The summed E-state index contributed by atoms with van der Waals surface area (Å²) in [6.07, 6.45) is -1.77. The van der Waals surface area contributed by atoms with Gasteiger partial charge in [-0.05, 0) is 25.5 Å². The Balaban J connectivity index is 2.09. The number of fused-ring (bicyclic) bond motifs is 1. The Morgan fingerprint density at radius 3 is 2.76 bits per heavy atom. The van der Waals surface area contributed by atoms with Gasteiger partial charge >= 0.3 is 0 Å². The van der Waals surface area contributed by atoms with Crippen LogP contribution in [0.2, 0.25) is 0 Å². The van der Waals surface area contributed by atoms with Crippen LogP contribution in [0, 0.1) is 0 Å². The Kier molecular flexibility index (Phi) is 3.40. The van der Waals surface area contributed by atoms with Gasteiger partial charge in [0.05, 0.1) is 20.8 Å². The largest absolute Gasteiger partial charge is 0.321 e. The van der Waals surface area contributed by atoms with Gasteiger partial charge in [-0.1, -0.05) is 12.1 Å². The molecule has 0 fully saturated rings. The summed E-state index contributed by atoms with van der Waals surface area (Å²) in [6, 6.07) is 7.75. The molecule has 1 atom stereocenters. The van der Waals surface area contributed by atoms with Gasteiger partial charge in [-0.2, -0.15) is 0 Å². The van der Waals surface area contributed by atoms with Gasteiger partial charge in [0, 0.05) is 6.42 Å². The van der Waals surface area contributed by atoms with Crippen molar-refractivity contribution < 1.29 is 8.78 Å². The molecule has 2 rings (SSSR count). The highest BCUT2D eigenvalue weighted by Crippen LogP contribution is 2.25. The number of para-hydroxylation sites is 1. The Labute approximate surface area is 102 Å². The summed E-state index contributed by atoms with van der Waals surface area (Å²) >= 11 is 1.54. The summed E-state index contributed by atoms with van der Waals surface area (Å²) in [6.45, 7) is 1.38. The molecule has 0 aliphatic carbocycles. The average molecular weight is 256 g/mol. The van der Waals surface area contributed by atoms with E-state index in [1.54, 1.807) is 0 Å². The first-order valence-electron chi connectivity index (χ1n) is 5.40. The average Bonchev–Trinajstić information content (AvgIpc) is 2.69. The summed E-state index contributed by atoms with van der Waals surface area (Å²) < 4.78 is 26.2. The van der Waals surface area contributed by atoms with Gasteiger partial charge < -0.3 is 5.73 Å². The van der Waals surface area contributed by atoms with Crippen LogP contribution in [0.5, 0.6) is 0 Å². The molecule has 0 spiro atoms. The number of thiazole rings is 1. The van der Waals surface area contributed by atoms with E-state index >= 15 is 0 Å². The van der Waals surface area contributed by atoms with Crippen molar-refractivity contribution in [1.82, 2.24) is 4.98 Å². The maximum atomic E-state index is 12.6. The molecule has 2 aromatic rings. The molecule has 0 amide bonds. The summed E-state index contributed by atoms with van der Waals surface area (Å²) in [4.78, 5) is 4.39. The van der Waals surface area contributed by atoms with Crippen molar-refractivity contribution in [1.29, 1.82) is 0 Å². The summed E-state index contributed by atoms with van der Waals surface area (Å²) in [5.41, 5.74) is 5.02. The Morgan fingerprint density at radius 1 is 1.41 bits per heavy atom. The standard InChI is InChI=1S/C12H14F2N2S/c1-12(15,11(13)14)7-6-10-16-8-4-2-3-5-9(8)17-10/h2-5,11H,6-7,15H2,1H3. The number of rotatable bonds is 4. The molecule has 1 heterocycles. The van der Waals surface area contributed by atoms with Gasteiger partial charge in [0.25, 0.3) is 6.43 Å². The molecule has 2 N–H and O–H groups in total. The number of benzene rings is 1. The van der Waals surface area contributed by atoms with Crippen LogP contribution in [0.3, 0.4) is 0 Å². The van der Waals surface area contributed by atoms with Crippen molar-refractivity contribution in [3.63, 3.8) is 0 Å². The molecule has 0 bridgehead atoms. The Hall–Kier alpha value is -1.07. The van der Waals surface area contributed by atoms with Crippen molar-refractivity contribution >= 4 is 21.6 Å². The minimum atomic E-state index is -2.50. The third-order valence-corrected chi connectivity index (χ3v) is 3.81. The molecule has 17 heavy (non-hydrogen) atoms. The minimum Gasteiger partial charge on any atom is -0.321 e. The zero-order valence-corrected chi connectivity index (χ0v) is 10.3. The normalized spacial score (nSPS) is 15.4. The number of aromatic nitrogens is 1. The molecular weight excluding hydrogens is 242 g/mol. The smallest absolute Gasteiger partial charge is 0.256 e. The summed E-state index contributed by atoms with van der Waals surface area (Å²) in [7, 11) is 0. The molecule has 5 heteroatoms. The van der Waals surface area contributed by atoms with Crippen LogP contribution in [0.4, 0.5) is 8.78 Å². The number of hydrogen-bond acceptors (Lipinski definition) is 3. The van der Waals surface area contributed by atoms with E-state index in [0.29, 0.717) is 6.42 Å². The summed E-state index contributed by atoms with van der Waals surface area (Å²) in [5.74, 6) is 0. The maximum absolute atomic E-state index is 12.6. The van der Waals surface area contributed by atoms with E-state index in [1.165, 1.54) is 18.3 Å². The molecule has 1 aromatic carbocycles. The molecule has 1 unspecified atom stereocenters. The fraction of sp³-hybridized carbons (Fsp3) is 0.417. The van der Waals surface area contributed by atoms with E-state index < -0.39 is 12.0 Å². The second-order valence-electron chi connectivity index (χ2n) is 4.38. The van der Waals surface area contributed by atoms with Gasteiger partial charge in [-0.25, -0.2) is 13.8 Å². The number of nitrogens with two attached hydrogens (primary N) is 1. The lowest BCUT2D eigenvalue weighted by Crippen LogP contribution is -2.44. The van der Waals surface area contributed by atoms with E-state index in [0.717, 1.165) is 15.2 Å². The van der Waals surface area contributed by atoms with Crippen LogP contribution in [-0.4, -0.2) is 16.9 Å². The van der Waals surface area contributed by atoms with Crippen LogP contribution in [0.1, 0.15) is 18.4 Å². The highest BCUT2D eigenvalue weighted by Gasteiger charge is 2.30. The highest BCUT2D eigenvalue weighted by atomic mass is 32.1. The fourth-order valence-corrected chi connectivity index (χ4v) is 2.48. The van der Waals surface area contributed by atoms with Crippen molar-refractivity contribution in [3.05, 3.63) is 29.3 Å². The second kappa shape index (κ2) is 4.66. The Bertz CT molecular complexity index is 475. The molecule has 0 saturated heterocycles. The van der Waals surface area contributed by atoms with E-state index in [1.807, 2.05) is 24.3 Å². The molecule has 1 aromatic heterocycles. The zero-order chi connectivity index (χ0) is 12.5. The second-order valence-corrected chi connectivity index (χ2v) is 5.50. The van der Waals surface area contributed by atoms with Crippen LogP contribution in [0.15, 0.2) is 24.3 Å². The van der Waals surface area contributed by atoms with Gasteiger partial charge in [-0.3, -0.25) is 0 Å². The van der Waals surface area contributed by atoms with Crippen LogP contribution >= 0.6 is 11.3 Å². The molecule has 2 nitrogen and oxygen atoms in total. The highest BCUT2D eigenvalue weighted by molar-refractivity contribution is 7.18. The first-order valence-corrected chi connectivity index (χ1v) is 6.22. The first-order chi connectivity index (χ1) is 7.99. The predicted molar refractivity (Wildman–Crippen MR) is 66.5 cm³/mol. The number of alkyl halides is 2. The lowest BCUT2D eigenvalue weighted by molar-refractivity contribution is 0.0591. The molecule has 0 radical (unpaired) electrons. The quantitative estimate of drug-likeness (QED) is 0.912. The first kappa shape index (κ1) is 12.4. The molecule has 0 saturated carbocycles. The van der Waals surface area contributed by atoms with Crippen molar-refractivity contribution in [2.24, 2.45) is 5.73 Å².